The Kier molecular flexibility index (Phi) is 4.75. The number of nitrogens with two attached hydrogens (primary N) is 1. The van der Waals surface area contributed by atoms with Gasteiger partial charge in [0.05, 0.1) is 16.1 Å². The second-order valence-electron chi connectivity index (χ2n) is 5.25. The van der Waals surface area contributed by atoms with E-state index in [1.807, 2.05) is 0 Å². The number of halogens is 5. The van der Waals surface area contributed by atoms with E-state index in [1.54, 1.807) is 0 Å². The van der Waals surface area contributed by atoms with E-state index in [9.17, 15) is 22.4 Å². The Morgan fingerprint density at radius 1 is 1.19 bits per heavy atom. The molecule has 0 spiro atoms. The predicted molar refractivity (Wildman–Crippen MR) is 89.4 cm³/mol. The average molecular weight is 401 g/mol. The summed E-state index contributed by atoms with van der Waals surface area (Å²) in [7, 11) is 0. The number of aromatic nitrogens is 2. The van der Waals surface area contributed by atoms with Crippen molar-refractivity contribution in [3.05, 3.63) is 53.1 Å². The highest BCUT2D eigenvalue weighted by molar-refractivity contribution is 6.31. The van der Waals surface area contributed by atoms with Crippen LogP contribution in [-0.2, 0) is 0 Å². The summed E-state index contributed by atoms with van der Waals surface area (Å²) >= 11 is 5.72. The van der Waals surface area contributed by atoms with Gasteiger partial charge in [0.25, 0.3) is 5.91 Å². The Balaban J connectivity index is 2.10. The number of nitrogens with one attached hydrogen (secondary N) is 1. The number of alkyl halides is 3. The number of carbonyl (C=O) groups is 1. The van der Waals surface area contributed by atoms with E-state index in [-0.39, 0.29) is 21.7 Å². The molecule has 1 amide bonds. The molecule has 3 aromatic rings. The summed E-state index contributed by atoms with van der Waals surface area (Å²) in [4.78, 5) is 19.4. The van der Waals surface area contributed by atoms with Gasteiger partial charge in [0.2, 0.25) is 0 Å². The number of primary amides is 1. The molecule has 0 saturated carbocycles. The van der Waals surface area contributed by atoms with Gasteiger partial charge >= 0.3 is 6.36 Å². The van der Waals surface area contributed by atoms with Crippen LogP contribution < -0.4 is 15.8 Å². The maximum Gasteiger partial charge on any atom is 0.573 e. The first-order valence-corrected chi connectivity index (χ1v) is 7.58. The summed E-state index contributed by atoms with van der Waals surface area (Å²) in [5.41, 5.74) is 5.07. The molecule has 11 heteroatoms. The van der Waals surface area contributed by atoms with E-state index >= 15 is 0 Å². The van der Waals surface area contributed by atoms with Crippen LogP contribution in [0, 0.1) is 5.82 Å². The minimum atomic E-state index is -5.02. The molecular formula is C16H9ClF4N4O2. The molecule has 1 heterocycles. The van der Waals surface area contributed by atoms with Gasteiger partial charge in [-0.2, -0.15) is 0 Å². The van der Waals surface area contributed by atoms with Crippen molar-refractivity contribution >= 4 is 39.9 Å². The lowest BCUT2D eigenvalue weighted by Gasteiger charge is -2.14. The molecular weight excluding hydrogens is 392 g/mol. The molecule has 0 saturated heterocycles. The van der Waals surface area contributed by atoms with Gasteiger partial charge in [-0.1, -0.05) is 11.6 Å². The largest absolute Gasteiger partial charge is 0.573 e. The van der Waals surface area contributed by atoms with Crippen LogP contribution in [0.2, 0.25) is 5.02 Å². The van der Waals surface area contributed by atoms with Crippen LogP contribution in [-0.4, -0.2) is 22.2 Å². The number of anilines is 2. The van der Waals surface area contributed by atoms with E-state index in [4.69, 9.17) is 17.3 Å². The molecule has 0 radical (unpaired) electrons. The van der Waals surface area contributed by atoms with Gasteiger partial charge in [0.1, 0.15) is 23.7 Å². The molecule has 0 atom stereocenters. The fourth-order valence-corrected chi connectivity index (χ4v) is 2.48. The van der Waals surface area contributed by atoms with E-state index in [2.05, 4.69) is 20.0 Å². The molecule has 27 heavy (non-hydrogen) atoms. The van der Waals surface area contributed by atoms with Crippen LogP contribution in [0.25, 0.3) is 10.9 Å². The van der Waals surface area contributed by atoms with Crippen LogP contribution in [0.3, 0.4) is 0 Å². The van der Waals surface area contributed by atoms with E-state index in [0.29, 0.717) is 5.69 Å². The summed E-state index contributed by atoms with van der Waals surface area (Å²) in [6, 6.07) is 5.80. The van der Waals surface area contributed by atoms with Crippen molar-refractivity contribution < 1.29 is 27.1 Å². The highest BCUT2D eigenvalue weighted by Gasteiger charge is 2.33. The van der Waals surface area contributed by atoms with Crippen LogP contribution in [0.4, 0.5) is 29.1 Å². The number of hydrogen-bond donors (Lipinski definition) is 2. The molecule has 0 aliphatic carbocycles. The van der Waals surface area contributed by atoms with Gasteiger partial charge in [-0.25, -0.2) is 14.4 Å². The van der Waals surface area contributed by atoms with E-state index in [0.717, 1.165) is 24.5 Å². The van der Waals surface area contributed by atoms with Gasteiger partial charge in [-0.15, -0.1) is 13.2 Å². The van der Waals surface area contributed by atoms with Gasteiger partial charge in [-0.05, 0) is 24.3 Å². The van der Waals surface area contributed by atoms with Gasteiger partial charge in [-0.3, -0.25) is 4.79 Å². The molecule has 0 aliphatic rings. The Morgan fingerprint density at radius 3 is 2.56 bits per heavy atom. The van der Waals surface area contributed by atoms with E-state index < -0.39 is 29.4 Å². The van der Waals surface area contributed by atoms with Crippen LogP contribution in [0.5, 0.6) is 5.75 Å². The number of fused-ring (bicyclic) bond motifs is 1. The smallest absolute Gasteiger partial charge is 0.405 e. The maximum absolute atomic E-state index is 13.3. The van der Waals surface area contributed by atoms with Crippen molar-refractivity contribution in [2.75, 3.05) is 5.32 Å². The molecule has 0 aliphatic heterocycles. The number of rotatable bonds is 4. The number of nitrogens with zero attached hydrogens (tertiary/aromatic N) is 2. The van der Waals surface area contributed by atoms with Gasteiger partial charge < -0.3 is 15.8 Å². The molecule has 3 rings (SSSR count). The summed E-state index contributed by atoms with van der Waals surface area (Å²) in [5.74, 6) is -2.39. The van der Waals surface area contributed by atoms with E-state index in [1.165, 1.54) is 12.1 Å². The van der Waals surface area contributed by atoms with Crippen molar-refractivity contribution in [1.29, 1.82) is 0 Å². The van der Waals surface area contributed by atoms with Crippen LogP contribution in [0.1, 0.15) is 10.4 Å². The van der Waals surface area contributed by atoms with Crippen molar-refractivity contribution in [3.63, 3.8) is 0 Å². The first-order chi connectivity index (χ1) is 12.6. The van der Waals surface area contributed by atoms with Gasteiger partial charge in [0, 0.05) is 17.1 Å². The third kappa shape index (κ3) is 4.17. The average Bonchev–Trinajstić information content (AvgIpc) is 2.56. The maximum atomic E-state index is 13.3. The molecule has 6 nitrogen and oxygen atoms in total. The standard InChI is InChI=1S/C16H9ClF4N4O2/c17-10-3-7(1-2-11(10)18)25-15-8-4-9(14(22)26)13(27-16(19,20)21)5-12(8)23-6-24-15/h1-6H,(H2,22,26)(H,23,24,25). The Labute approximate surface area is 153 Å². The molecule has 0 unspecified atom stereocenters. The number of ether oxygens (including phenoxy) is 1. The third-order valence-electron chi connectivity index (χ3n) is 3.41. The normalized spacial score (nSPS) is 11.4. The molecule has 1 aromatic heterocycles. The zero-order chi connectivity index (χ0) is 19.8. The number of carbonyl (C=O) groups excluding carboxylic acids is 1. The van der Waals surface area contributed by atoms with Crippen molar-refractivity contribution in [2.45, 2.75) is 6.36 Å². The molecule has 0 fully saturated rings. The number of hydrogen-bond acceptors (Lipinski definition) is 5. The fourth-order valence-electron chi connectivity index (χ4n) is 2.30. The second kappa shape index (κ2) is 6.88. The predicted octanol–water partition coefficient (Wildman–Crippen LogP) is 4.16. The zero-order valence-electron chi connectivity index (χ0n) is 13.1. The number of benzene rings is 2. The first kappa shape index (κ1) is 18.6. The number of amides is 1. The Hall–Kier alpha value is -3.14. The van der Waals surface area contributed by atoms with Crippen LogP contribution >= 0.6 is 11.6 Å². The summed E-state index contributed by atoms with van der Waals surface area (Å²) in [5, 5.41) is 2.89. The third-order valence-corrected chi connectivity index (χ3v) is 3.70. The monoisotopic (exact) mass is 400 g/mol. The SMILES string of the molecule is NC(=O)c1cc2c(Nc3ccc(F)c(Cl)c3)ncnc2cc1OC(F)(F)F. The van der Waals surface area contributed by atoms with Crippen LogP contribution in [0.15, 0.2) is 36.7 Å². The second-order valence-corrected chi connectivity index (χ2v) is 5.66. The minimum absolute atomic E-state index is 0.0601. The zero-order valence-corrected chi connectivity index (χ0v) is 13.9. The molecule has 140 valence electrons. The fraction of sp³-hybridized carbons (Fsp3) is 0.0625. The lowest BCUT2D eigenvalue weighted by molar-refractivity contribution is -0.274. The Bertz CT molecular complexity index is 1040. The topological polar surface area (TPSA) is 90.1 Å². The molecule has 3 N–H and O–H groups in total. The van der Waals surface area contributed by atoms with Crippen molar-refractivity contribution in [2.24, 2.45) is 5.73 Å². The van der Waals surface area contributed by atoms with Crippen molar-refractivity contribution in [1.82, 2.24) is 9.97 Å². The highest BCUT2D eigenvalue weighted by atomic mass is 35.5. The van der Waals surface area contributed by atoms with Crippen molar-refractivity contribution in [3.8, 4) is 5.75 Å². The van der Waals surface area contributed by atoms with Gasteiger partial charge in [0.15, 0.2) is 0 Å². The summed E-state index contributed by atoms with van der Waals surface area (Å²) in [6.07, 6.45) is -3.92. The summed E-state index contributed by atoms with van der Waals surface area (Å²) < 4.78 is 54.8. The molecule has 0 bridgehead atoms. The lowest BCUT2D eigenvalue weighted by Crippen LogP contribution is -2.21. The Morgan fingerprint density at radius 2 is 1.93 bits per heavy atom. The first-order valence-electron chi connectivity index (χ1n) is 7.20. The highest BCUT2D eigenvalue weighted by Crippen LogP contribution is 2.33. The minimum Gasteiger partial charge on any atom is -0.405 e. The molecule has 2 aromatic carbocycles. The summed E-state index contributed by atoms with van der Waals surface area (Å²) in [6.45, 7) is 0. The lowest BCUT2D eigenvalue weighted by atomic mass is 10.1. The quantitative estimate of drug-likeness (QED) is 0.642.